The minimum absolute atomic E-state index is 0.757. The monoisotopic (exact) mass is 482 g/mol. The highest BCUT2D eigenvalue weighted by molar-refractivity contribution is 7.14. The highest BCUT2D eigenvalue weighted by Gasteiger charge is 2.20. The van der Waals surface area contributed by atoms with Crippen molar-refractivity contribution in [2.75, 3.05) is 29.9 Å². The lowest BCUT2D eigenvalue weighted by molar-refractivity contribution is 0.688. The molecule has 0 unspecified atom stereocenters. The lowest BCUT2D eigenvalue weighted by atomic mass is 10.1. The number of pyridine rings is 1. The zero-order chi connectivity index (χ0) is 23.5. The molecule has 9 heteroatoms. The molecule has 0 saturated carbocycles. The van der Waals surface area contributed by atoms with Crippen LogP contribution in [-0.4, -0.2) is 45.5 Å². The SMILES string of the molecule is c1ccc(Cc2ncc3c(n2)CCN(c2cccc(-c4csc(NC5=NCCCN5)n4)n2)C3)cc1. The molecule has 2 aliphatic rings. The predicted molar refractivity (Wildman–Crippen MR) is 140 cm³/mol. The van der Waals surface area contributed by atoms with Gasteiger partial charge in [-0.3, -0.25) is 4.99 Å². The average Bonchev–Trinajstić information content (AvgIpc) is 3.38. The second-order valence-electron chi connectivity index (χ2n) is 8.65. The molecule has 8 nitrogen and oxygen atoms in total. The molecule has 0 saturated heterocycles. The van der Waals surface area contributed by atoms with Crippen LogP contribution in [0.2, 0.25) is 0 Å². The normalized spacial score (nSPS) is 15.2. The Morgan fingerprint density at radius 1 is 1.00 bits per heavy atom. The number of nitrogens with one attached hydrogen (secondary N) is 2. The van der Waals surface area contributed by atoms with Crippen molar-refractivity contribution in [2.24, 2.45) is 4.99 Å². The summed E-state index contributed by atoms with van der Waals surface area (Å²) in [4.78, 5) is 25.9. The quantitative estimate of drug-likeness (QED) is 0.446. The van der Waals surface area contributed by atoms with Crippen LogP contribution in [-0.2, 0) is 19.4 Å². The molecule has 0 spiro atoms. The highest BCUT2D eigenvalue weighted by Crippen LogP contribution is 2.27. The standard InChI is InChI=1S/C26H26N8S/c1-2-6-18(7-3-1)14-23-29-15-19-16-34(13-10-20(19)30-23)24-9-4-8-21(31-24)22-17-35-26(32-22)33-25-27-11-5-12-28-25/h1-4,6-9,15,17H,5,10-14,16H2,(H2,27,28,32,33). The fourth-order valence-corrected chi connectivity index (χ4v) is 5.03. The summed E-state index contributed by atoms with van der Waals surface area (Å²) in [5, 5.41) is 9.39. The second kappa shape index (κ2) is 9.79. The van der Waals surface area contributed by atoms with Crippen LogP contribution in [0, 0.1) is 0 Å². The van der Waals surface area contributed by atoms with Gasteiger partial charge in [0.15, 0.2) is 11.1 Å². The molecule has 1 aromatic carbocycles. The zero-order valence-corrected chi connectivity index (χ0v) is 20.1. The van der Waals surface area contributed by atoms with E-state index in [1.807, 2.05) is 29.8 Å². The van der Waals surface area contributed by atoms with Gasteiger partial charge < -0.3 is 15.5 Å². The Bertz CT molecular complexity index is 1350. The van der Waals surface area contributed by atoms with Gasteiger partial charge in [0.1, 0.15) is 17.3 Å². The fraction of sp³-hybridized carbons (Fsp3) is 0.269. The summed E-state index contributed by atoms with van der Waals surface area (Å²) in [5.41, 5.74) is 5.27. The molecule has 5 heterocycles. The van der Waals surface area contributed by atoms with E-state index in [0.29, 0.717) is 0 Å². The van der Waals surface area contributed by atoms with Gasteiger partial charge in [0.2, 0.25) is 0 Å². The Kier molecular flexibility index (Phi) is 6.06. The number of hydrogen-bond acceptors (Lipinski definition) is 9. The largest absolute Gasteiger partial charge is 0.356 e. The third kappa shape index (κ3) is 5.00. The molecule has 0 bridgehead atoms. The summed E-state index contributed by atoms with van der Waals surface area (Å²) in [7, 11) is 0. The van der Waals surface area contributed by atoms with E-state index in [4.69, 9.17) is 15.0 Å². The Hall–Kier alpha value is -3.85. The third-order valence-electron chi connectivity index (χ3n) is 6.14. The maximum absolute atomic E-state index is 4.93. The van der Waals surface area contributed by atoms with E-state index < -0.39 is 0 Å². The summed E-state index contributed by atoms with van der Waals surface area (Å²) in [6.07, 6.45) is 4.69. The van der Waals surface area contributed by atoms with Crippen molar-refractivity contribution in [3.63, 3.8) is 0 Å². The number of aromatic nitrogens is 4. The molecule has 35 heavy (non-hydrogen) atoms. The molecule has 0 atom stereocenters. The lowest BCUT2D eigenvalue weighted by Crippen LogP contribution is -2.35. The number of benzene rings is 1. The molecule has 4 aromatic rings. The average molecular weight is 483 g/mol. The summed E-state index contributed by atoms with van der Waals surface area (Å²) >= 11 is 1.56. The van der Waals surface area contributed by atoms with E-state index in [9.17, 15) is 0 Å². The van der Waals surface area contributed by atoms with Gasteiger partial charge in [-0.15, -0.1) is 11.3 Å². The summed E-state index contributed by atoms with van der Waals surface area (Å²) in [6, 6.07) is 16.5. The van der Waals surface area contributed by atoms with Crippen LogP contribution in [0.5, 0.6) is 0 Å². The van der Waals surface area contributed by atoms with E-state index in [2.05, 4.69) is 55.8 Å². The van der Waals surface area contributed by atoms with Crippen molar-refractivity contribution in [2.45, 2.75) is 25.8 Å². The van der Waals surface area contributed by atoms with Crippen LogP contribution in [0.15, 0.2) is 65.1 Å². The van der Waals surface area contributed by atoms with Crippen molar-refractivity contribution < 1.29 is 0 Å². The minimum atomic E-state index is 0.757. The highest BCUT2D eigenvalue weighted by atomic mass is 32.1. The number of thiazole rings is 1. The molecule has 0 fully saturated rings. The first-order valence-corrected chi connectivity index (χ1v) is 12.8. The lowest BCUT2D eigenvalue weighted by Gasteiger charge is -2.29. The Balaban J connectivity index is 1.15. The first kappa shape index (κ1) is 21.7. The van der Waals surface area contributed by atoms with Gasteiger partial charge in [-0.05, 0) is 24.1 Å². The molecule has 0 amide bonds. The van der Waals surface area contributed by atoms with Crippen molar-refractivity contribution in [3.05, 3.63) is 82.8 Å². The van der Waals surface area contributed by atoms with Crippen LogP contribution < -0.4 is 15.5 Å². The molecule has 2 aliphatic heterocycles. The van der Waals surface area contributed by atoms with Crippen LogP contribution in [0.1, 0.15) is 29.1 Å². The van der Waals surface area contributed by atoms with Gasteiger partial charge in [0, 0.05) is 56.2 Å². The Morgan fingerprint density at radius 2 is 1.94 bits per heavy atom. The van der Waals surface area contributed by atoms with Gasteiger partial charge in [0.25, 0.3) is 0 Å². The Labute approximate surface area is 208 Å². The Morgan fingerprint density at radius 3 is 2.83 bits per heavy atom. The van der Waals surface area contributed by atoms with Gasteiger partial charge >= 0.3 is 0 Å². The van der Waals surface area contributed by atoms with E-state index in [0.717, 1.165) is 85.3 Å². The number of anilines is 2. The first-order valence-electron chi connectivity index (χ1n) is 11.9. The first-order chi connectivity index (χ1) is 17.3. The molecule has 2 N–H and O–H groups in total. The molecular formula is C26H26N8S. The van der Waals surface area contributed by atoms with Crippen LogP contribution >= 0.6 is 11.3 Å². The number of guanidine groups is 1. The molecule has 3 aromatic heterocycles. The summed E-state index contributed by atoms with van der Waals surface area (Å²) < 4.78 is 0. The van der Waals surface area contributed by atoms with E-state index in [1.165, 1.54) is 11.1 Å². The van der Waals surface area contributed by atoms with Crippen LogP contribution in [0.3, 0.4) is 0 Å². The van der Waals surface area contributed by atoms with Crippen LogP contribution in [0.25, 0.3) is 11.4 Å². The minimum Gasteiger partial charge on any atom is -0.356 e. The van der Waals surface area contributed by atoms with E-state index >= 15 is 0 Å². The molecule has 6 rings (SSSR count). The van der Waals surface area contributed by atoms with Gasteiger partial charge in [-0.1, -0.05) is 36.4 Å². The number of nitrogens with zero attached hydrogens (tertiary/aromatic N) is 6. The smallest absolute Gasteiger partial charge is 0.197 e. The topological polar surface area (TPSA) is 91.2 Å². The molecular weight excluding hydrogens is 456 g/mol. The molecule has 176 valence electrons. The van der Waals surface area contributed by atoms with Gasteiger partial charge in [-0.25, -0.2) is 19.9 Å². The van der Waals surface area contributed by atoms with Gasteiger partial charge in [0.05, 0.1) is 11.4 Å². The maximum atomic E-state index is 4.93. The zero-order valence-electron chi connectivity index (χ0n) is 19.3. The predicted octanol–water partition coefficient (Wildman–Crippen LogP) is 3.91. The number of hydrogen-bond donors (Lipinski definition) is 2. The van der Waals surface area contributed by atoms with Gasteiger partial charge in [-0.2, -0.15) is 0 Å². The fourth-order valence-electron chi connectivity index (χ4n) is 4.33. The summed E-state index contributed by atoms with van der Waals surface area (Å²) in [6.45, 7) is 3.41. The van der Waals surface area contributed by atoms with Crippen molar-refractivity contribution >= 4 is 28.2 Å². The number of rotatable bonds is 5. The number of fused-ring (bicyclic) bond motifs is 1. The van der Waals surface area contributed by atoms with Crippen LogP contribution in [0.4, 0.5) is 10.9 Å². The van der Waals surface area contributed by atoms with Crippen molar-refractivity contribution in [1.82, 2.24) is 25.3 Å². The maximum Gasteiger partial charge on any atom is 0.197 e. The van der Waals surface area contributed by atoms with E-state index in [-0.39, 0.29) is 0 Å². The number of aliphatic imine (C=N–C) groups is 1. The van der Waals surface area contributed by atoms with Crippen molar-refractivity contribution in [1.29, 1.82) is 0 Å². The molecule has 0 aliphatic carbocycles. The van der Waals surface area contributed by atoms with E-state index in [1.54, 1.807) is 11.3 Å². The summed E-state index contributed by atoms with van der Waals surface area (Å²) in [5.74, 6) is 2.62. The molecule has 0 radical (unpaired) electrons. The van der Waals surface area contributed by atoms with Crippen molar-refractivity contribution in [3.8, 4) is 11.4 Å². The third-order valence-corrected chi connectivity index (χ3v) is 6.89. The second-order valence-corrected chi connectivity index (χ2v) is 9.50.